The fourth-order valence-corrected chi connectivity index (χ4v) is 1.87. The number of hydrogen-bond donors (Lipinski definition) is 1. The van der Waals surface area contributed by atoms with E-state index in [1.165, 1.54) is 0 Å². The van der Waals surface area contributed by atoms with E-state index in [1.807, 2.05) is 19.1 Å². The van der Waals surface area contributed by atoms with Gasteiger partial charge in [-0.1, -0.05) is 23.7 Å². The van der Waals surface area contributed by atoms with Gasteiger partial charge in [0.15, 0.2) is 0 Å². The minimum Gasteiger partial charge on any atom is -0.487 e. The standard InChI is InChI=1S/C14H14ClNO2/c1-10-4-3-7-16-13(10)9-18-14-6-2-5-12(15)11(14)8-17/h2-7,17H,8-9H2,1H3. The molecule has 0 radical (unpaired) electrons. The number of hydrogen-bond acceptors (Lipinski definition) is 3. The van der Waals surface area contributed by atoms with E-state index in [4.69, 9.17) is 16.3 Å². The van der Waals surface area contributed by atoms with Crippen LogP contribution in [-0.2, 0) is 13.2 Å². The molecule has 0 aliphatic carbocycles. The Hall–Kier alpha value is -1.58. The van der Waals surface area contributed by atoms with Crippen molar-refractivity contribution in [3.63, 3.8) is 0 Å². The number of ether oxygens (including phenoxy) is 1. The van der Waals surface area contributed by atoms with Crippen LogP contribution in [0.2, 0.25) is 5.02 Å². The lowest BCUT2D eigenvalue weighted by Crippen LogP contribution is -2.02. The molecule has 0 saturated heterocycles. The van der Waals surface area contributed by atoms with Gasteiger partial charge in [-0.25, -0.2) is 0 Å². The van der Waals surface area contributed by atoms with Gasteiger partial charge >= 0.3 is 0 Å². The molecule has 0 bridgehead atoms. The van der Waals surface area contributed by atoms with E-state index in [9.17, 15) is 5.11 Å². The molecule has 2 aromatic rings. The first kappa shape index (κ1) is 12.9. The predicted octanol–water partition coefficient (Wildman–Crippen LogP) is 3.11. The van der Waals surface area contributed by atoms with Gasteiger partial charge in [-0.05, 0) is 30.7 Å². The van der Waals surface area contributed by atoms with E-state index in [2.05, 4.69) is 4.98 Å². The molecular weight excluding hydrogens is 250 g/mol. The summed E-state index contributed by atoms with van der Waals surface area (Å²) in [5.74, 6) is 0.593. The highest BCUT2D eigenvalue weighted by atomic mass is 35.5. The van der Waals surface area contributed by atoms with Crippen LogP contribution in [-0.4, -0.2) is 10.1 Å². The van der Waals surface area contributed by atoms with E-state index in [1.54, 1.807) is 24.4 Å². The second-order valence-electron chi connectivity index (χ2n) is 3.93. The zero-order chi connectivity index (χ0) is 13.0. The van der Waals surface area contributed by atoms with Crippen molar-refractivity contribution in [3.05, 3.63) is 58.4 Å². The van der Waals surface area contributed by atoms with Crippen LogP contribution < -0.4 is 4.74 Å². The van der Waals surface area contributed by atoms with Crippen molar-refractivity contribution in [2.75, 3.05) is 0 Å². The largest absolute Gasteiger partial charge is 0.487 e. The number of pyridine rings is 1. The van der Waals surface area contributed by atoms with Crippen molar-refractivity contribution in [1.29, 1.82) is 0 Å². The van der Waals surface area contributed by atoms with Crippen LogP contribution in [0, 0.1) is 6.92 Å². The summed E-state index contributed by atoms with van der Waals surface area (Å²) in [4.78, 5) is 4.25. The van der Waals surface area contributed by atoms with Crippen LogP contribution >= 0.6 is 11.6 Å². The van der Waals surface area contributed by atoms with Crippen LogP contribution in [0.3, 0.4) is 0 Å². The SMILES string of the molecule is Cc1cccnc1COc1cccc(Cl)c1CO. The fraction of sp³-hybridized carbons (Fsp3) is 0.214. The molecule has 2 rings (SSSR count). The Kier molecular flexibility index (Phi) is 4.18. The number of aliphatic hydroxyl groups is 1. The third-order valence-corrected chi connectivity index (χ3v) is 3.07. The smallest absolute Gasteiger partial charge is 0.130 e. The molecule has 1 N–H and O–H groups in total. The van der Waals surface area contributed by atoms with Gasteiger partial charge in [-0.15, -0.1) is 0 Å². The Morgan fingerprint density at radius 3 is 2.83 bits per heavy atom. The van der Waals surface area contributed by atoms with Gasteiger partial charge in [0.25, 0.3) is 0 Å². The number of benzene rings is 1. The molecule has 0 atom stereocenters. The highest BCUT2D eigenvalue weighted by Gasteiger charge is 2.08. The minimum atomic E-state index is -0.143. The average molecular weight is 264 g/mol. The molecule has 0 saturated carbocycles. The highest BCUT2D eigenvalue weighted by molar-refractivity contribution is 6.31. The summed E-state index contributed by atoms with van der Waals surface area (Å²) in [6.07, 6.45) is 1.73. The van der Waals surface area contributed by atoms with Crippen molar-refractivity contribution >= 4 is 11.6 Å². The molecule has 4 heteroatoms. The second-order valence-corrected chi connectivity index (χ2v) is 4.34. The van der Waals surface area contributed by atoms with Crippen LogP contribution in [0.5, 0.6) is 5.75 Å². The van der Waals surface area contributed by atoms with Crippen LogP contribution in [0.25, 0.3) is 0 Å². The fourth-order valence-electron chi connectivity index (χ4n) is 1.64. The molecule has 18 heavy (non-hydrogen) atoms. The maximum atomic E-state index is 9.27. The lowest BCUT2D eigenvalue weighted by atomic mass is 10.2. The molecule has 1 aromatic heterocycles. The van der Waals surface area contributed by atoms with E-state index in [0.29, 0.717) is 22.9 Å². The summed E-state index contributed by atoms with van der Waals surface area (Å²) in [7, 11) is 0. The summed E-state index contributed by atoms with van der Waals surface area (Å²) in [5, 5.41) is 9.78. The third kappa shape index (κ3) is 2.81. The Bertz CT molecular complexity index is 543. The molecule has 0 aliphatic heterocycles. The van der Waals surface area contributed by atoms with Gasteiger partial charge in [0.1, 0.15) is 12.4 Å². The molecule has 0 unspecified atom stereocenters. The topological polar surface area (TPSA) is 42.4 Å². The number of halogens is 1. The van der Waals surface area contributed by atoms with Crippen LogP contribution in [0.4, 0.5) is 0 Å². The molecule has 0 aliphatic rings. The number of aliphatic hydroxyl groups excluding tert-OH is 1. The summed E-state index contributed by atoms with van der Waals surface area (Å²) >= 11 is 5.99. The summed E-state index contributed by atoms with van der Waals surface area (Å²) in [5.41, 5.74) is 2.55. The molecular formula is C14H14ClNO2. The van der Waals surface area contributed by atoms with E-state index >= 15 is 0 Å². The van der Waals surface area contributed by atoms with Gasteiger partial charge in [0, 0.05) is 16.8 Å². The Morgan fingerprint density at radius 2 is 2.11 bits per heavy atom. The predicted molar refractivity (Wildman–Crippen MR) is 70.7 cm³/mol. The third-order valence-electron chi connectivity index (χ3n) is 2.72. The lowest BCUT2D eigenvalue weighted by molar-refractivity contribution is 0.257. The highest BCUT2D eigenvalue weighted by Crippen LogP contribution is 2.27. The first-order valence-corrected chi connectivity index (χ1v) is 6.01. The molecule has 94 valence electrons. The van der Waals surface area contributed by atoms with Crippen LogP contribution in [0.15, 0.2) is 36.5 Å². The van der Waals surface area contributed by atoms with E-state index < -0.39 is 0 Å². The second kappa shape index (κ2) is 5.85. The zero-order valence-electron chi connectivity index (χ0n) is 10.1. The first-order valence-electron chi connectivity index (χ1n) is 5.64. The van der Waals surface area contributed by atoms with Gasteiger partial charge in [-0.3, -0.25) is 4.98 Å². The monoisotopic (exact) mass is 263 g/mol. The Morgan fingerprint density at radius 1 is 1.28 bits per heavy atom. The summed E-state index contributed by atoms with van der Waals surface area (Å²) in [6, 6.07) is 9.18. The maximum Gasteiger partial charge on any atom is 0.130 e. The zero-order valence-corrected chi connectivity index (χ0v) is 10.8. The van der Waals surface area contributed by atoms with Gasteiger partial charge < -0.3 is 9.84 Å². The number of rotatable bonds is 4. The van der Waals surface area contributed by atoms with Gasteiger partial charge in [0.2, 0.25) is 0 Å². The van der Waals surface area contributed by atoms with Crippen molar-refractivity contribution in [3.8, 4) is 5.75 Å². The summed E-state index contributed by atoms with van der Waals surface area (Å²) < 4.78 is 5.67. The quantitative estimate of drug-likeness (QED) is 0.922. The Balaban J connectivity index is 2.16. The molecule has 0 amide bonds. The molecule has 0 spiro atoms. The summed E-state index contributed by atoms with van der Waals surface area (Å²) in [6.45, 7) is 2.20. The number of nitrogens with zero attached hydrogens (tertiary/aromatic N) is 1. The van der Waals surface area contributed by atoms with E-state index in [-0.39, 0.29) is 6.61 Å². The van der Waals surface area contributed by atoms with Crippen molar-refractivity contribution in [2.45, 2.75) is 20.1 Å². The molecule has 3 nitrogen and oxygen atoms in total. The average Bonchev–Trinajstić information content (AvgIpc) is 2.38. The molecule has 0 fully saturated rings. The molecule has 1 aromatic carbocycles. The number of aromatic nitrogens is 1. The van der Waals surface area contributed by atoms with Gasteiger partial charge in [-0.2, -0.15) is 0 Å². The maximum absolute atomic E-state index is 9.27. The van der Waals surface area contributed by atoms with Gasteiger partial charge in [0.05, 0.1) is 12.3 Å². The normalized spacial score (nSPS) is 10.4. The lowest BCUT2D eigenvalue weighted by Gasteiger charge is -2.11. The molecule has 1 heterocycles. The van der Waals surface area contributed by atoms with Crippen molar-refractivity contribution in [1.82, 2.24) is 4.98 Å². The minimum absolute atomic E-state index is 0.143. The van der Waals surface area contributed by atoms with Crippen molar-refractivity contribution < 1.29 is 9.84 Å². The first-order chi connectivity index (χ1) is 8.72. The number of aryl methyl sites for hydroxylation is 1. The van der Waals surface area contributed by atoms with E-state index in [0.717, 1.165) is 11.3 Å². The van der Waals surface area contributed by atoms with Crippen molar-refractivity contribution in [2.24, 2.45) is 0 Å². The van der Waals surface area contributed by atoms with Crippen LogP contribution in [0.1, 0.15) is 16.8 Å². The Labute approximate surface area is 111 Å².